The summed E-state index contributed by atoms with van der Waals surface area (Å²) in [5.74, 6) is 0.672. The van der Waals surface area contributed by atoms with E-state index in [9.17, 15) is 9.50 Å². The van der Waals surface area contributed by atoms with E-state index in [1.54, 1.807) is 12.3 Å². The lowest BCUT2D eigenvalue weighted by Gasteiger charge is -2.18. The number of aromatic nitrogens is 3. The summed E-state index contributed by atoms with van der Waals surface area (Å²) in [6.45, 7) is 2.92. The third-order valence-electron chi connectivity index (χ3n) is 4.38. The number of unbranched alkanes of at least 4 members (excludes halogenated alkanes) is 1. The number of pyridine rings is 1. The summed E-state index contributed by atoms with van der Waals surface area (Å²) in [6, 6.07) is 2.97. The molecule has 1 aliphatic carbocycles. The second kappa shape index (κ2) is 8.80. The van der Waals surface area contributed by atoms with Gasteiger partial charge < -0.3 is 10.4 Å². The Hall–Kier alpha value is -2.41. The minimum atomic E-state index is -0.387. The van der Waals surface area contributed by atoms with Crippen molar-refractivity contribution in [1.82, 2.24) is 15.0 Å². The van der Waals surface area contributed by atoms with Crippen LogP contribution in [0.2, 0.25) is 0 Å². The molecule has 2 heterocycles. The normalized spacial score (nSPS) is 17.2. The molecule has 0 bridgehead atoms. The van der Waals surface area contributed by atoms with E-state index in [0.29, 0.717) is 23.0 Å². The van der Waals surface area contributed by atoms with Crippen LogP contribution in [0.5, 0.6) is 0 Å². The van der Waals surface area contributed by atoms with Crippen molar-refractivity contribution < 1.29 is 9.50 Å². The Morgan fingerprint density at radius 1 is 1.23 bits per heavy atom. The van der Waals surface area contributed by atoms with E-state index >= 15 is 0 Å². The van der Waals surface area contributed by atoms with Crippen molar-refractivity contribution >= 4 is 17.5 Å². The minimum absolute atomic E-state index is 0.246. The molecule has 2 aromatic heterocycles. The number of halogens is 1. The maximum Gasteiger partial charge on any atom is 0.224 e. The molecule has 0 aromatic carbocycles. The van der Waals surface area contributed by atoms with Gasteiger partial charge in [-0.05, 0) is 44.2 Å². The molecule has 3 rings (SSSR count). The molecule has 138 valence electrons. The molecule has 0 aliphatic heterocycles. The Morgan fingerprint density at radius 2 is 2.04 bits per heavy atom. The van der Waals surface area contributed by atoms with E-state index in [1.807, 2.05) is 0 Å². The topological polar surface area (TPSA) is 83.3 Å². The number of nitrogens with one attached hydrogen (secondary N) is 1. The molecule has 1 saturated carbocycles. The number of hydrogen-bond acceptors (Lipinski definition) is 6. The summed E-state index contributed by atoms with van der Waals surface area (Å²) in [5, 5.41) is 12.9. The molecule has 0 saturated heterocycles. The van der Waals surface area contributed by atoms with E-state index in [0.717, 1.165) is 50.8 Å². The van der Waals surface area contributed by atoms with Gasteiger partial charge in [0.15, 0.2) is 5.82 Å². The van der Waals surface area contributed by atoms with E-state index in [2.05, 4.69) is 27.2 Å². The third-order valence-corrected chi connectivity index (χ3v) is 4.38. The average Bonchev–Trinajstić information content (AvgIpc) is 2.65. The molecule has 1 fully saturated rings. The SMILES string of the molecule is CCCCNc1ncc(-c2ccc(F)cn2)c(N=C2CCC(O)CC2)n1. The maximum atomic E-state index is 13.2. The molecule has 6 nitrogen and oxygen atoms in total. The zero-order valence-corrected chi connectivity index (χ0v) is 15.0. The zero-order valence-electron chi connectivity index (χ0n) is 15.0. The summed E-state index contributed by atoms with van der Waals surface area (Å²) in [5.41, 5.74) is 2.27. The van der Waals surface area contributed by atoms with Gasteiger partial charge in [0.1, 0.15) is 5.82 Å². The second-order valence-electron chi connectivity index (χ2n) is 6.48. The molecule has 0 atom stereocenters. The number of anilines is 1. The summed E-state index contributed by atoms with van der Waals surface area (Å²) < 4.78 is 13.2. The van der Waals surface area contributed by atoms with Gasteiger partial charge >= 0.3 is 0 Å². The first-order valence-corrected chi connectivity index (χ1v) is 9.13. The van der Waals surface area contributed by atoms with Gasteiger partial charge in [-0.2, -0.15) is 4.98 Å². The minimum Gasteiger partial charge on any atom is -0.393 e. The van der Waals surface area contributed by atoms with Crippen LogP contribution in [0, 0.1) is 5.82 Å². The summed E-state index contributed by atoms with van der Waals surface area (Å²) in [4.78, 5) is 17.8. The number of rotatable bonds is 6. The van der Waals surface area contributed by atoms with Crippen LogP contribution in [-0.4, -0.2) is 38.4 Å². The van der Waals surface area contributed by atoms with Crippen molar-refractivity contribution in [3.8, 4) is 11.3 Å². The zero-order chi connectivity index (χ0) is 18.4. The first-order chi connectivity index (χ1) is 12.7. The second-order valence-corrected chi connectivity index (χ2v) is 6.48. The van der Waals surface area contributed by atoms with Crippen LogP contribution < -0.4 is 5.32 Å². The van der Waals surface area contributed by atoms with Crippen LogP contribution >= 0.6 is 0 Å². The average molecular weight is 357 g/mol. The van der Waals surface area contributed by atoms with Crippen LogP contribution in [0.1, 0.15) is 45.4 Å². The van der Waals surface area contributed by atoms with Crippen LogP contribution in [0.4, 0.5) is 16.2 Å². The van der Waals surface area contributed by atoms with Crippen LogP contribution in [-0.2, 0) is 0 Å². The van der Waals surface area contributed by atoms with E-state index < -0.39 is 0 Å². The van der Waals surface area contributed by atoms with Crippen LogP contribution in [0.25, 0.3) is 11.3 Å². The number of hydrogen-bond donors (Lipinski definition) is 2. The molecular weight excluding hydrogens is 333 g/mol. The largest absolute Gasteiger partial charge is 0.393 e. The van der Waals surface area contributed by atoms with Gasteiger partial charge in [-0.15, -0.1) is 0 Å². The molecule has 0 amide bonds. The Balaban J connectivity index is 1.92. The van der Waals surface area contributed by atoms with Gasteiger partial charge in [-0.3, -0.25) is 4.98 Å². The molecular formula is C19H24FN5O. The van der Waals surface area contributed by atoms with E-state index in [4.69, 9.17) is 4.99 Å². The van der Waals surface area contributed by atoms with Crippen molar-refractivity contribution in [2.24, 2.45) is 4.99 Å². The molecule has 2 N–H and O–H groups in total. The number of aliphatic hydroxyl groups excluding tert-OH is 1. The highest BCUT2D eigenvalue weighted by molar-refractivity contribution is 5.89. The fourth-order valence-electron chi connectivity index (χ4n) is 2.83. The highest BCUT2D eigenvalue weighted by Crippen LogP contribution is 2.29. The molecule has 26 heavy (non-hydrogen) atoms. The fraction of sp³-hybridized carbons (Fsp3) is 0.474. The van der Waals surface area contributed by atoms with Gasteiger partial charge in [-0.1, -0.05) is 13.3 Å². The predicted molar refractivity (Wildman–Crippen MR) is 100 cm³/mol. The van der Waals surface area contributed by atoms with Crippen molar-refractivity contribution in [2.45, 2.75) is 51.6 Å². The van der Waals surface area contributed by atoms with E-state index in [-0.39, 0.29) is 11.9 Å². The fourth-order valence-corrected chi connectivity index (χ4v) is 2.83. The predicted octanol–water partition coefficient (Wildman–Crippen LogP) is 3.90. The standard InChI is InChI=1S/C19H24FN5O/c1-2-3-10-21-19-23-12-16(17-9-4-13(20)11-22-17)18(25-19)24-14-5-7-15(26)8-6-14/h4,9,11-12,15,26H,2-3,5-8,10H2,1H3,(H,21,23,25). The third kappa shape index (κ3) is 4.82. The van der Waals surface area contributed by atoms with Crippen LogP contribution in [0.3, 0.4) is 0 Å². The van der Waals surface area contributed by atoms with Crippen molar-refractivity contribution in [2.75, 3.05) is 11.9 Å². The maximum absolute atomic E-state index is 13.2. The molecule has 0 unspecified atom stereocenters. The van der Waals surface area contributed by atoms with Crippen molar-refractivity contribution in [3.63, 3.8) is 0 Å². The Kier molecular flexibility index (Phi) is 6.22. The van der Waals surface area contributed by atoms with Crippen molar-refractivity contribution in [3.05, 3.63) is 30.3 Å². The highest BCUT2D eigenvalue weighted by atomic mass is 19.1. The van der Waals surface area contributed by atoms with Gasteiger partial charge in [0.05, 0.1) is 23.6 Å². The van der Waals surface area contributed by atoms with Gasteiger partial charge in [-0.25, -0.2) is 14.4 Å². The molecule has 7 heteroatoms. The highest BCUT2D eigenvalue weighted by Gasteiger charge is 2.17. The number of aliphatic imine (C=N–C) groups is 1. The van der Waals surface area contributed by atoms with Gasteiger partial charge in [0.25, 0.3) is 0 Å². The quantitative estimate of drug-likeness (QED) is 0.766. The van der Waals surface area contributed by atoms with Gasteiger partial charge in [0, 0.05) is 18.5 Å². The smallest absolute Gasteiger partial charge is 0.224 e. The molecule has 1 aliphatic rings. The lowest BCUT2D eigenvalue weighted by atomic mass is 9.96. The molecule has 0 radical (unpaired) electrons. The number of nitrogens with zero attached hydrogens (tertiary/aromatic N) is 4. The Morgan fingerprint density at radius 3 is 2.73 bits per heavy atom. The summed E-state index contributed by atoms with van der Waals surface area (Å²) in [7, 11) is 0. The van der Waals surface area contributed by atoms with E-state index in [1.165, 1.54) is 12.3 Å². The Bertz CT molecular complexity index is 753. The first-order valence-electron chi connectivity index (χ1n) is 9.13. The Labute approximate surface area is 152 Å². The lowest BCUT2D eigenvalue weighted by Crippen LogP contribution is -2.17. The monoisotopic (exact) mass is 357 g/mol. The lowest BCUT2D eigenvalue weighted by molar-refractivity contribution is 0.152. The van der Waals surface area contributed by atoms with Crippen LogP contribution in [0.15, 0.2) is 29.5 Å². The number of aliphatic hydroxyl groups is 1. The summed E-state index contributed by atoms with van der Waals surface area (Å²) >= 11 is 0. The molecule has 0 spiro atoms. The van der Waals surface area contributed by atoms with Crippen molar-refractivity contribution in [1.29, 1.82) is 0 Å². The van der Waals surface area contributed by atoms with Gasteiger partial charge in [0.2, 0.25) is 5.95 Å². The molecule has 2 aromatic rings. The first kappa shape index (κ1) is 18.4. The summed E-state index contributed by atoms with van der Waals surface area (Å²) in [6.07, 6.45) is 7.67.